The molecular formula is C8H11N3. The van der Waals surface area contributed by atoms with Crippen molar-refractivity contribution >= 4 is 0 Å². The average molecular weight is 149 g/mol. The maximum Gasteiger partial charge on any atom is 0.0212 e. The third kappa shape index (κ3) is 2.31. The zero-order valence-electron chi connectivity index (χ0n) is 6.14. The van der Waals surface area contributed by atoms with Crippen LogP contribution < -0.4 is 11.6 Å². The summed E-state index contributed by atoms with van der Waals surface area (Å²) in [6.45, 7) is 0. The second-order valence-electron chi connectivity index (χ2n) is 2.13. The van der Waals surface area contributed by atoms with E-state index in [1.54, 1.807) is 18.5 Å². The number of nitrogens with zero attached hydrogens (tertiary/aromatic N) is 1. The summed E-state index contributed by atoms with van der Waals surface area (Å²) >= 11 is 0. The fourth-order valence-electron chi connectivity index (χ4n) is 0.727. The Morgan fingerprint density at radius 2 is 1.91 bits per heavy atom. The molecule has 0 saturated heterocycles. The molecule has 4 N–H and O–H groups in total. The molecule has 1 heterocycles. The number of hydrazine groups is 1. The molecular weight excluding hydrogens is 138 g/mol. The van der Waals surface area contributed by atoms with Gasteiger partial charge in [0.15, 0.2) is 0 Å². The van der Waals surface area contributed by atoms with Gasteiger partial charge in [-0.05, 0) is 30.0 Å². The van der Waals surface area contributed by atoms with Crippen molar-refractivity contribution in [2.24, 2.45) is 11.6 Å². The lowest BCUT2D eigenvalue weighted by molar-refractivity contribution is 0.535. The SMILES string of the molecule is NC=CC=C1C=CN(N)C=C1. The first-order valence-electron chi connectivity index (χ1n) is 3.31. The Morgan fingerprint density at radius 3 is 2.45 bits per heavy atom. The second kappa shape index (κ2) is 3.63. The van der Waals surface area contributed by atoms with Crippen LogP contribution >= 0.6 is 0 Å². The summed E-state index contributed by atoms with van der Waals surface area (Å²) < 4.78 is 0. The standard InChI is InChI=1S/C8H11N3/c9-5-1-2-8-3-6-11(10)7-4-8/h1-7H,9-10H2. The molecule has 3 nitrogen and oxygen atoms in total. The van der Waals surface area contributed by atoms with E-state index in [1.165, 1.54) is 11.2 Å². The van der Waals surface area contributed by atoms with Gasteiger partial charge in [-0.3, -0.25) is 5.01 Å². The topological polar surface area (TPSA) is 55.3 Å². The van der Waals surface area contributed by atoms with E-state index in [4.69, 9.17) is 11.6 Å². The maximum absolute atomic E-state index is 5.42. The van der Waals surface area contributed by atoms with Crippen molar-refractivity contribution in [3.05, 3.63) is 48.5 Å². The Morgan fingerprint density at radius 1 is 1.27 bits per heavy atom. The van der Waals surface area contributed by atoms with E-state index in [-0.39, 0.29) is 0 Å². The maximum atomic E-state index is 5.42. The Bertz CT molecular complexity index is 220. The molecule has 0 aliphatic carbocycles. The summed E-state index contributed by atoms with van der Waals surface area (Å²) in [4.78, 5) is 0. The molecule has 0 unspecified atom stereocenters. The molecule has 0 atom stereocenters. The van der Waals surface area contributed by atoms with Gasteiger partial charge in [0.2, 0.25) is 0 Å². The Hall–Kier alpha value is -1.48. The molecule has 1 aliphatic rings. The lowest BCUT2D eigenvalue weighted by Crippen LogP contribution is -2.19. The van der Waals surface area contributed by atoms with Crippen LogP contribution in [0.25, 0.3) is 0 Å². The Labute approximate surface area is 65.9 Å². The molecule has 0 saturated carbocycles. The summed E-state index contributed by atoms with van der Waals surface area (Å²) in [6, 6.07) is 0. The fraction of sp³-hybridized carbons (Fsp3) is 0. The lowest BCUT2D eigenvalue weighted by atomic mass is 10.2. The first-order chi connectivity index (χ1) is 5.33. The third-order valence-corrected chi connectivity index (χ3v) is 1.28. The van der Waals surface area contributed by atoms with Crippen LogP contribution in [-0.4, -0.2) is 5.01 Å². The third-order valence-electron chi connectivity index (χ3n) is 1.28. The molecule has 0 radical (unpaired) electrons. The van der Waals surface area contributed by atoms with Crippen molar-refractivity contribution in [1.29, 1.82) is 0 Å². The molecule has 11 heavy (non-hydrogen) atoms. The van der Waals surface area contributed by atoms with E-state index in [9.17, 15) is 0 Å². The van der Waals surface area contributed by atoms with Crippen LogP contribution in [0.1, 0.15) is 0 Å². The molecule has 0 aromatic rings. The van der Waals surface area contributed by atoms with Crippen LogP contribution in [0.2, 0.25) is 0 Å². The van der Waals surface area contributed by atoms with Gasteiger partial charge < -0.3 is 5.73 Å². The van der Waals surface area contributed by atoms with Crippen molar-refractivity contribution in [3.8, 4) is 0 Å². The second-order valence-corrected chi connectivity index (χ2v) is 2.13. The Kier molecular flexibility index (Phi) is 2.52. The van der Waals surface area contributed by atoms with Gasteiger partial charge in [0, 0.05) is 12.4 Å². The molecule has 0 spiro atoms. The molecule has 0 amide bonds. The molecule has 0 bridgehead atoms. The van der Waals surface area contributed by atoms with Gasteiger partial charge in [0.25, 0.3) is 0 Å². The summed E-state index contributed by atoms with van der Waals surface area (Å²) in [5.41, 5.74) is 6.24. The van der Waals surface area contributed by atoms with Crippen LogP contribution in [0, 0.1) is 0 Å². The average Bonchev–Trinajstić information content (AvgIpc) is 2.04. The van der Waals surface area contributed by atoms with Crippen LogP contribution in [0.4, 0.5) is 0 Å². The highest BCUT2D eigenvalue weighted by atomic mass is 15.4. The molecule has 3 heteroatoms. The number of nitrogens with two attached hydrogens (primary N) is 2. The van der Waals surface area contributed by atoms with Gasteiger partial charge in [0.05, 0.1) is 0 Å². The van der Waals surface area contributed by atoms with E-state index in [0.717, 1.165) is 5.57 Å². The first-order valence-corrected chi connectivity index (χ1v) is 3.31. The molecule has 0 aromatic heterocycles. The highest BCUT2D eigenvalue weighted by Crippen LogP contribution is 2.05. The summed E-state index contributed by atoms with van der Waals surface area (Å²) in [6.07, 6.45) is 12.5. The van der Waals surface area contributed by atoms with Crippen molar-refractivity contribution in [2.45, 2.75) is 0 Å². The van der Waals surface area contributed by atoms with E-state index >= 15 is 0 Å². The predicted molar refractivity (Wildman–Crippen MR) is 45.7 cm³/mol. The molecule has 1 rings (SSSR count). The minimum absolute atomic E-state index is 1.08. The van der Waals surface area contributed by atoms with E-state index in [0.29, 0.717) is 0 Å². The minimum Gasteiger partial charge on any atom is -0.405 e. The van der Waals surface area contributed by atoms with Crippen molar-refractivity contribution in [2.75, 3.05) is 0 Å². The quantitative estimate of drug-likeness (QED) is 0.537. The number of hydrogen-bond acceptors (Lipinski definition) is 3. The monoisotopic (exact) mass is 149 g/mol. The smallest absolute Gasteiger partial charge is 0.0212 e. The first kappa shape index (κ1) is 7.63. The van der Waals surface area contributed by atoms with Gasteiger partial charge in [-0.2, -0.15) is 0 Å². The lowest BCUT2D eigenvalue weighted by Gasteiger charge is -2.10. The van der Waals surface area contributed by atoms with Crippen LogP contribution in [-0.2, 0) is 0 Å². The van der Waals surface area contributed by atoms with E-state index in [1.807, 2.05) is 18.2 Å². The normalized spacial score (nSPS) is 16.5. The van der Waals surface area contributed by atoms with Crippen LogP contribution in [0.5, 0.6) is 0 Å². The van der Waals surface area contributed by atoms with Crippen molar-refractivity contribution < 1.29 is 0 Å². The van der Waals surface area contributed by atoms with Gasteiger partial charge in [-0.1, -0.05) is 6.08 Å². The van der Waals surface area contributed by atoms with Crippen LogP contribution in [0.3, 0.4) is 0 Å². The van der Waals surface area contributed by atoms with Gasteiger partial charge in [-0.15, -0.1) is 0 Å². The zero-order chi connectivity index (χ0) is 8.10. The van der Waals surface area contributed by atoms with Crippen molar-refractivity contribution in [3.63, 3.8) is 0 Å². The zero-order valence-corrected chi connectivity index (χ0v) is 6.14. The van der Waals surface area contributed by atoms with Gasteiger partial charge in [0.1, 0.15) is 0 Å². The summed E-state index contributed by atoms with van der Waals surface area (Å²) in [5.74, 6) is 5.42. The molecule has 0 fully saturated rings. The molecule has 0 aromatic carbocycles. The number of hydrogen-bond donors (Lipinski definition) is 2. The fourth-order valence-corrected chi connectivity index (χ4v) is 0.727. The van der Waals surface area contributed by atoms with Crippen molar-refractivity contribution in [1.82, 2.24) is 5.01 Å². The Balaban J connectivity index is 2.64. The van der Waals surface area contributed by atoms with Crippen LogP contribution in [0.15, 0.2) is 48.5 Å². The summed E-state index contributed by atoms with van der Waals surface area (Å²) in [5, 5.41) is 1.49. The predicted octanol–water partition coefficient (Wildman–Crippen LogP) is 0.602. The number of allylic oxidation sites excluding steroid dienone is 5. The largest absolute Gasteiger partial charge is 0.405 e. The molecule has 1 aliphatic heterocycles. The molecule has 58 valence electrons. The van der Waals surface area contributed by atoms with E-state index in [2.05, 4.69) is 0 Å². The minimum atomic E-state index is 1.08. The highest BCUT2D eigenvalue weighted by molar-refractivity contribution is 5.35. The highest BCUT2D eigenvalue weighted by Gasteiger charge is 1.92. The van der Waals surface area contributed by atoms with E-state index < -0.39 is 0 Å². The van der Waals surface area contributed by atoms with Gasteiger partial charge in [-0.25, -0.2) is 5.84 Å². The number of rotatable bonds is 1. The summed E-state index contributed by atoms with van der Waals surface area (Å²) in [7, 11) is 0. The van der Waals surface area contributed by atoms with Gasteiger partial charge >= 0.3 is 0 Å².